The average Bonchev–Trinajstić information content (AvgIpc) is 2.94. The molecule has 1 aromatic heterocycles. The number of benzene rings is 2. The molecular weight excluding hydrogens is 367 g/mol. The van der Waals surface area contributed by atoms with Crippen LogP contribution in [0.4, 0.5) is 10.2 Å². The summed E-state index contributed by atoms with van der Waals surface area (Å²) < 4.78 is 14.0. The summed E-state index contributed by atoms with van der Waals surface area (Å²) in [5, 5.41) is 1.30. The zero-order valence-corrected chi connectivity index (χ0v) is 15.4. The molecule has 1 saturated heterocycles. The minimum atomic E-state index is -0.356. The molecule has 0 bridgehead atoms. The van der Waals surface area contributed by atoms with E-state index >= 15 is 0 Å². The Morgan fingerprint density at radius 2 is 1.81 bits per heavy atom. The van der Waals surface area contributed by atoms with Crippen LogP contribution in [0.25, 0.3) is 10.9 Å². The van der Waals surface area contributed by atoms with Crippen molar-refractivity contribution >= 4 is 34.2 Å². The fourth-order valence-corrected chi connectivity index (χ4v) is 3.52. The maximum Gasteiger partial charge on any atom is 0.253 e. The van der Waals surface area contributed by atoms with Crippen molar-refractivity contribution in [2.45, 2.75) is 6.42 Å². The van der Waals surface area contributed by atoms with Gasteiger partial charge in [0.25, 0.3) is 5.91 Å². The van der Waals surface area contributed by atoms with Gasteiger partial charge >= 0.3 is 0 Å². The van der Waals surface area contributed by atoms with Crippen molar-refractivity contribution in [1.29, 1.82) is 0 Å². The molecule has 4 rings (SSSR count). The Balaban J connectivity index is 1.55. The SMILES string of the molecule is O=C(c1ccc(Cl)cc1)N1CCCN(c2ncnc3c(F)cccc23)CC1. The van der Waals surface area contributed by atoms with E-state index in [-0.39, 0.29) is 11.7 Å². The van der Waals surface area contributed by atoms with Gasteiger partial charge in [0.15, 0.2) is 0 Å². The Kier molecular flexibility index (Phi) is 4.90. The molecule has 5 nitrogen and oxygen atoms in total. The van der Waals surface area contributed by atoms with Gasteiger partial charge in [-0.1, -0.05) is 17.7 Å². The number of para-hydroxylation sites is 1. The van der Waals surface area contributed by atoms with E-state index in [0.717, 1.165) is 13.0 Å². The summed E-state index contributed by atoms with van der Waals surface area (Å²) in [6.45, 7) is 2.60. The topological polar surface area (TPSA) is 49.3 Å². The van der Waals surface area contributed by atoms with Crippen molar-refractivity contribution < 1.29 is 9.18 Å². The van der Waals surface area contributed by atoms with E-state index in [1.54, 1.807) is 30.3 Å². The van der Waals surface area contributed by atoms with Crippen molar-refractivity contribution in [3.05, 3.63) is 65.2 Å². The molecule has 0 saturated carbocycles. The van der Waals surface area contributed by atoms with Crippen LogP contribution in [0.1, 0.15) is 16.8 Å². The third-order valence-corrected chi connectivity index (χ3v) is 5.02. The Hall–Kier alpha value is -2.73. The van der Waals surface area contributed by atoms with Crippen LogP contribution in [0.5, 0.6) is 0 Å². The minimum Gasteiger partial charge on any atom is -0.354 e. The van der Waals surface area contributed by atoms with Gasteiger partial charge in [-0.2, -0.15) is 0 Å². The Morgan fingerprint density at radius 3 is 2.63 bits per heavy atom. The molecule has 0 aliphatic carbocycles. The first-order valence-corrected chi connectivity index (χ1v) is 9.20. The number of hydrogen-bond acceptors (Lipinski definition) is 4. The highest BCUT2D eigenvalue weighted by molar-refractivity contribution is 6.30. The van der Waals surface area contributed by atoms with Crippen LogP contribution in [0.15, 0.2) is 48.8 Å². The fraction of sp³-hybridized carbons (Fsp3) is 0.250. The monoisotopic (exact) mass is 384 g/mol. The van der Waals surface area contributed by atoms with Crippen molar-refractivity contribution in [3.63, 3.8) is 0 Å². The molecule has 2 aromatic carbocycles. The molecule has 138 valence electrons. The van der Waals surface area contributed by atoms with E-state index in [1.807, 2.05) is 11.0 Å². The predicted octanol–water partition coefficient (Wildman–Crippen LogP) is 3.77. The standard InChI is InChI=1S/C20H18ClFN4O/c21-15-7-5-14(6-8-15)20(27)26-10-2-9-25(11-12-26)19-16-3-1-4-17(22)18(16)23-13-24-19/h1,3-8,13H,2,9-12H2. The van der Waals surface area contributed by atoms with Gasteiger partial charge < -0.3 is 9.80 Å². The summed E-state index contributed by atoms with van der Waals surface area (Å²) in [7, 11) is 0. The normalized spacial score (nSPS) is 15.0. The summed E-state index contributed by atoms with van der Waals surface area (Å²) in [6, 6.07) is 11.8. The van der Waals surface area contributed by atoms with E-state index in [2.05, 4.69) is 14.9 Å². The molecule has 7 heteroatoms. The Morgan fingerprint density at radius 1 is 1.00 bits per heavy atom. The van der Waals surface area contributed by atoms with E-state index in [9.17, 15) is 9.18 Å². The average molecular weight is 385 g/mol. The molecule has 3 aromatic rings. The highest BCUT2D eigenvalue weighted by atomic mass is 35.5. The maximum absolute atomic E-state index is 14.0. The number of carbonyl (C=O) groups is 1. The maximum atomic E-state index is 14.0. The van der Waals surface area contributed by atoms with Crippen molar-refractivity contribution in [1.82, 2.24) is 14.9 Å². The van der Waals surface area contributed by atoms with Crippen LogP contribution in [-0.4, -0.2) is 47.0 Å². The second kappa shape index (κ2) is 7.48. The molecule has 1 amide bonds. The number of aromatic nitrogens is 2. The van der Waals surface area contributed by atoms with Gasteiger partial charge in [0.1, 0.15) is 23.5 Å². The van der Waals surface area contributed by atoms with E-state index < -0.39 is 0 Å². The molecule has 1 fully saturated rings. The van der Waals surface area contributed by atoms with Crippen LogP contribution in [0.2, 0.25) is 5.02 Å². The first-order chi connectivity index (χ1) is 13.1. The van der Waals surface area contributed by atoms with Crippen molar-refractivity contribution in [2.75, 3.05) is 31.1 Å². The van der Waals surface area contributed by atoms with Crippen LogP contribution in [0.3, 0.4) is 0 Å². The zero-order valence-electron chi connectivity index (χ0n) is 14.6. The number of halogens is 2. The number of carbonyl (C=O) groups excluding carboxylic acids is 1. The summed E-state index contributed by atoms with van der Waals surface area (Å²) in [6.07, 6.45) is 2.20. The molecule has 0 N–H and O–H groups in total. The largest absolute Gasteiger partial charge is 0.354 e. The molecule has 1 aliphatic rings. The van der Waals surface area contributed by atoms with Gasteiger partial charge in [-0.3, -0.25) is 4.79 Å². The lowest BCUT2D eigenvalue weighted by atomic mass is 10.2. The molecule has 0 spiro atoms. The molecule has 1 aliphatic heterocycles. The smallest absolute Gasteiger partial charge is 0.253 e. The molecular formula is C20H18ClFN4O. The Labute approximate surface area is 161 Å². The quantitative estimate of drug-likeness (QED) is 0.674. The minimum absolute atomic E-state index is 0.00731. The summed E-state index contributed by atoms with van der Waals surface area (Å²) >= 11 is 5.90. The lowest BCUT2D eigenvalue weighted by Crippen LogP contribution is -2.35. The van der Waals surface area contributed by atoms with E-state index in [4.69, 9.17) is 11.6 Å². The first-order valence-electron chi connectivity index (χ1n) is 8.82. The fourth-order valence-electron chi connectivity index (χ4n) is 3.40. The number of rotatable bonds is 2. The van der Waals surface area contributed by atoms with Gasteiger partial charge in [0, 0.05) is 42.2 Å². The molecule has 2 heterocycles. The van der Waals surface area contributed by atoms with Gasteiger partial charge in [-0.15, -0.1) is 0 Å². The molecule has 0 unspecified atom stereocenters. The number of hydrogen-bond donors (Lipinski definition) is 0. The molecule has 0 atom stereocenters. The number of nitrogens with zero attached hydrogens (tertiary/aromatic N) is 4. The number of anilines is 1. The van der Waals surface area contributed by atoms with Crippen LogP contribution >= 0.6 is 11.6 Å². The van der Waals surface area contributed by atoms with Crippen molar-refractivity contribution in [2.24, 2.45) is 0 Å². The van der Waals surface area contributed by atoms with E-state index in [1.165, 1.54) is 12.4 Å². The predicted molar refractivity (Wildman–Crippen MR) is 104 cm³/mol. The van der Waals surface area contributed by atoms with Crippen LogP contribution < -0.4 is 4.90 Å². The second-order valence-corrected chi connectivity index (χ2v) is 6.91. The summed E-state index contributed by atoms with van der Waals surface area (Å²) in [5.74, 6) is 0.345. The van der Waals surface area contributed by atoms with Gasteiger partial charge in [0.05, 0.1) is 0 Å². The summed E-state index contributed by atoms with van der Waals surface area (Å²) in [5.41, 5.74) is 0.947. The third kappa shape index (κ3) is 3.57. The zero-order chi connectivity index (χ0) is 18.8. The van der Waals surface area contributed by atoms with Gasteiger partial charge in [0.2, 0.25) is 0 Å². The Bertz CT molecular complexity index is 979. The third-order valence-electron chi connectivity index (χ3n) is 4.77. The lowest BCUT2D eigenvalue weighted by molar-refractivity contribution is 0.0767. The van der Waals surface area contributed by atoms with Crippen LogP contribution in [-0.2, 0) is 0 Å². The number of fused-ring (bicyclic) bond motifs is 1. The second-order valence-electron chi connectivity index (χ2n) is 6.47. The molecule has 0 radical (unpaired) electrons. The van der Waals surface area contributed by atoms with E-state index in [0.29, 0.717) is 46.9 Å². The van der Waals surface area contributed by atoms with Gasteiger partial charge in [-0.05, 0) is 42.8 Å². The van der Waals surface area contributed by atoms with Crippen LogP contribution in [0, 0.1) is 5.82 Å². The lowest BCUT2D eigenvalue weighted by Gasteiger charge is -2.23. The van der Waals surface area contributed by atoms with Gasteiger partial charge in [-0.25, -0.2) is 14.4 Å². The van der Waals surface area contributed by atoms with Crippen molar-refractivity contribution in [3.8, 4) is 0 Å². The highest BCUT2D eigenvalue weighted by Crippen LogP contribution is 2.25. The molecule has 27 heavy (non-hydrogen) atoms. The highest BCUT2D eigenvalue weighted by Gasteiger charge is 2.22. The number of amides is 1. The first kappa shape index (κ1) is 17.7. The summed E-state index contributed by atoms with van der Waals surface area (Å²) in [4.78, 5) is 25.1.